The van der Waals surface area contributed by atoms with Gasteiger partial charge in [0.05, 0.1) is 6.04 Å². The van der Waals surface area contributed by atoms with Crippen molar-refractivity contribution >= 4 is 12.0 Å². The lowest BCUT2D eigenvalue weighted by Crippen LogP contribution is -2.57. The lowest BCUT2D eigenvalue weighted by Gasteiger charge is -2.51. The Kier molecular flexibility index (Phi) is 4.55. The molecular weight excluding hydrogens is 318 g/mol. The molecule has 1 heterocycles. The fourth-order valence-corrected chi connectivity index (χ4v) is 4.60. The first-order valence-electron chi connectivity index (χ1n) is 9.58. The number of likely N-dealkylation sites (tertiary alicyclic amines) is 1. The van der Waals surface area contributed by atoms with E-state index < -0.39 is 5.60 Å². The normalized spacial score (nSPS) is 34.9. The number of hydrogen-bond acceptors (Lipinski definition) is 4. The standard InChI is InChI=1S/C19H33N3O3/c1-17(2,3)25-16(24)21(4)14-5-12-22(13-14)15(23)18-6-9-19(20,10-7-18)11-8-18/h14H,5-13,20H2,1-4H3/t14-,18?,19?/m1/s1. The van der Waals surface area contributed by atoms with Crippen LogP contribution in [-0.4, -0.2) is 59.1 Å². The van der Waals surface area contributed by atoms with Gasteiger partial charge in [-0.15, -0.1) is 0 Å². The maximum atomic E-state index is 13.2. The van der Waals surface area contributed by atoms with Crippen molar-refractivity contribution in [3.05, 3.63) is 0 Å². The molecule has 3 aliphatic carbocycles. The minimum Gasteiger partial charge on any atom is -0.444 e. The molecule has 1 aliphatic heterocycles. The third-order valence-electron chi connectivity index (χ3n) is 6.44. The van der Waals surface area contributed by atoms with Gasteiger partial charge in [-0.2, -0.15) is 0 Å². The van der Waals surface area contributed by atoms with Crippen LogP contribution in [0, 0.1) is 5.41 Å². The van der Waals surface area contributed by atoms with Crippen molar-refractivity contribution in [3.63, 3.8) is 0 Å². The van der Waals surface area contributed by atoms with Crippen LogP contribution < -0.4 is 5.73 Å². The second-order valence-electron chi connectivity index (χ2n) is 9.43. The molecule has 0 aromatic rings. The third-order valence-corrected chi connectivity index (χ3v) is 6.44. The van der Waals surface area contributed by atoms with Gasteiger partial charge in [0.15, 0.2) is 0 Å². The molecular formula is C19H33N3O3. The molecule has 3 saturated carbocycles. The summed E-state index contributed by atoms with van der Waals surface area (Å²) in [5.41, 5.74) is 5.65. The van der Waals surface area contributed by atoms with Crippen molar-refractivity contribution in [3.8, 4) is 0 Å². The van der Waals surface area contributed by atoms with Crippen molar-refractivity contribution in [1.82, 2.24) is 9.80 Å². The second kappa shape index (κ2) is 6.15. The summed E-state index contributed by atoms with van der Waals surface area (Å²) in [7, 11) is 1.77. The third kappa shape index (κ3) is 3.64. The quantitative estimate of drug-likeness (QED) is 0.829. The van der Waals surface area contributed by atoms with Gasteiger partial charge in [-0.25, -0.2) is 4.79 Å². The maximum Gasteiger partial charge on any atom is 0.410 e. The molecule has 25 heavy (non-hydrogen) atoms. The maximum absolute atomic E-state index is 13.2. The molecule has 4 fully saturated rings. The van der Waals surface area contributed by atoms with Crippen molar-refractivity contribution < 1.29 is 14.3 Å². The highest BCUT2D eigenvalue weighted by atomic mass is 16.6. The summed E-state index contributed by atoms with van der Waals surface area (Å²) in [6.45, 7) is 6.94. The van der Waals surface area contributed by atoms with Crippen LogP contribution in [-0.2, 0) is 9.53 Å². The van der Waals surface area contributed by atoms with E-state index in [0.29, 0.717) is 6.54 Å². The first-order valence-corrected chi connectivity index (χ1v) is 9.58. The lowest BCUT2D eigenvalue weighted by atomic mass is 9.57. The van der Waals surface area contributed by atoms with E-state index in [0.717, 1.165) is 51.5 Å². The number of nitrogens with zero attached hydrogens (tertiary/aromatic N) is 2. The molecule has 1 atom stereocenters. The van der Waals surface area contributed by atoms with Crippen molar-refractivity contribution in [2.45, 2.75) is 82.9 Å². The van der Waals surface area contributed by atoms with Gasteiger partial charge in [-0.1, -0.05) is 0 Å². The molecule has 6 nitrogen and oxygen atoms in total. The number of carbonyl (C=O) groups is 2. The predicted molar refractivity (Wildman–Crippen MR) is 96.0 cm³/mol. The highest BCUT2D eigenvalue weighted by Gasteiger charge is 2.52. The molecule has 0 aromatic heterocycles. The number of likely N-dealkylation sites (N-methyl/N-ethyl adjacent to an activating group) is 1. The fraction of sp³-hybridized carbons (Fsp3) is 0.895. The van der Waals surface area contributed by atoms with Crippen molar-refractivity contribution in [2.24, 2.45) is 11.1 Å². The number of fused-ring (bicyclic) bond motifs is 3. The number of hydrogen-bond donors (Lipinski definition) is 1. The molecule has 142 valence electrons. The van der Waals surface area contributed by atoms with Crippen LogP contribution in [0.15, 0.2) is 0 Å². The van der Waals surface area contributed by atoms with Gasteiger partial charge in [0, 0.05) is 31.1 Å². The Bertz CT molecular complexity index is 530. The summed E-state index contributed by atoms with van der Waals surface area (Å²) in [6, 6.07) is 0.0379. The van der Waals surface area contributed by atoms with E-state index in [1.165, 1.54) is 0 Å². The Labute approximate surface area is 151 Å². The van der Waals surface area contributed by atoms with E-state index in [1.807, 2.05) is 25.7 Å². The minimum atomic E-state index is -0.503. The largest absolute Gasteiger partial charge is 0.444 e. The van der Waals surface area contributed by atoms with E-state index in [4.69, 9.17) is 10.5 Å². The van der Waals surface area contributed by atoms with Gasteiger partial charge < -0.3 is 20.3 Å². The average Bonchev–Trinajstić information content (AvgIpc) is 3.02. The molecule has 4 aliphatic rings. The Morgan fingerprint density at radius 2 is 1.68 bits per heavy atom. The van der Waals surface area contributed by atoms with Crippen LogP contribution in [0.25, 0.3) is 0 Å². The molecule has 4 rings (SSSR count). The Hall–Kier alpha value is -1.30. The summed E-state index contributed by atoms with van der Waals surface area (Å²) in [5, 5.41) is 0. The minimum absolute atomic E-state index is 0.0213. The van der Waals surface area contributed by atoms with Crippen LogP contribution >= 0.6 is 0 Å². The molecule has 0 radical (unpaired) electrons. The molecule has 0 spiro atoms. The summed E-state index contributed by atoms with van der Waals surface area (Å²) < 4.78 is 5.45. The van der Waals surface area contributed by atoms with E-state index in [1.54, 1.807) is 11.9 Å². The van der Waals surface area contributed by atoms with Gasteiger partial charge in [0.1, 0.15) is 5.60 Å². The molecule has 2 amide bonds. The highest BCUT2D eigenvalue weighted by molar-refractivity contribution is 5.83. The first kappa shape index (κ1) is 18.5. The molecule has 2 N–H and O–H groups in total. The van der Waals surface area contributed by atoms with Gasteiger partial charge in [0.25, 0.3) is 0 Å². The summed E-state index contributed by atoms with van der Waals surface area (Å²) in [5.74, 6) is 0.286. The number of ether oxygens (including phenoxy) is 1. The molecule has 6 heteroatoms. The SMILES string of the molecule is CN(C(=O)OC(C)(C)C)[C@@H]1CCN(C(=O)C23CCC(N)(CC2)CC3)C1. The Morgan fingerprint density at radius 3 is 2.20 bits per heavy atom. The van der Waals surface area contributed by atoms with Crippen molar-refractivity contribution in [1.29, 1.82) is 0 Å². The highest BCUT2D eigenvalue weighted by Crippen LogP contribution is 2.52. The van der Waals surface area contributed by atoms with Gasteiger partial charge >= 0.3 is 6.09 Å². The number of rotatable bonds is 2. The molecule has 0 aromatic carbocycles. The molecule has 2 bridgehead atoms. The molecule has 0 unspecified atom stereocenters. The van der Waals surface area contributed by atoms with E-state index in [2.05, 4.69) is 0 Å². The lowest BCUT2D eigenvalue weighted by molar-refractivity contribution is -0.148. The van der Waals surface area contributed by atoms with E-state index >= 15 is 0 Å². The average molecular weight is 351 g/mol. The Morgan fingerprint density at radius 1 is 1.12 bits per heavy atom. The summed E-state index contributed by atoms with van der Waals surface area (Å²) >= 11 is 0. The summed E-state index contributed by atoms with van der Waals surface area (Å²) in [6.07, 6.45) is 6.17. The zero-order chi connectivity index (χ0) is 18.5. The van der Waals surface area contributed by atoms with Crippen LogP contribution in [0.3, 0.4) is 0 Å². The molecule has 1 saturated heterocycles. The van der Waals surface area contributed by atoms with Gasteiger partial charge in [-0.05, 0) is 65.7 Å². The van der Waals surface area contributed by atoms with Crippen molar-refractivity contribution in [2.75, 3.05) is 20.1 Å². The first-order chi connectivity index (χ1) is 11.5. The van der Waals surface area contributed by atoms with Crippen LogP contribution in [0.5, 0.6) is 0 Å². The Balaban J connectivity index is 1.59. The number of amides is 2. The summed E-state index contributed by atoms with van der Waals surface area (Å²) in [4.78, 5) is 29.1. The monoisotopic (exact) mass is 351 g/mol. The predicted octanol–water partition coefficient (Wildman–Crippen LogP) is 2.51. The van der Waals surface area contributed by atoms with E-state index in [9.17, 15) is 9.59 Å². The van der Waals surface area contributed by atoms with E-state index in [-0.39, 0.29) is 29.0 Å². The van der Waals surface area contributed by atoms with Crippen LogP contribution in [0.4, 0.5) is 4.79 Å². The van der Waals surface area contributed by atoms with Crippen LogP contribution in [0.2, 0.25) is 0 Å². The zero-order valence-corrected chi connectivity index (χ0v) is 16.1. The van der Waals surface area contributed by atoms with Gasteiger partial charge in [-0.3, -0.25) is 4.79 Å². The number of nitrogens with two attached hydrogens (primary N) is 1. The zero-order valence-electron chi connectivity index (χ0n) is 16.1. The topological polar surface area (TPSA) is 75.9 Å². The van der Waals surface area contributed by atoms with Gasteiger partial charge in [0.2, 0.25) is 5.91 Å². The number of carbonyl (C=O) groups excluding carboxylic acids is 2. The van der Waals surface area contributed by atoms with Crippen LogP contribution in [0.1, 0.15) is 65.7 Å². The smallest absolute Gasteiger partial charge is 0.410 e. The second-order valence-corrected chi connectivity index (χ2v) is 9.43. The fourth-order valence-electron chi connectivity index (χ4n) is 4.60.